The molecule has 0 spiro atoms. The molecule has 4 rings (SSSR count). The van der Waals surface area contributed by atoms with E-state index in [1.165, 1.54) is 16.7 Å². The first kappa shape index (κ1) is 22.9. The minimum atomic E-state index is -0.501. The van der Waals surface area contributed by atoms with Gasteiger partial charge in [-0.15, -0.1) is 0 Å². The molecule has 0 aliphatic heterocycles. The highest BCUT2D eigenvalue weighted by Gasteiger charge is 2.17. The zero-order valence-electron chi connectivity index (χ0n) is 18.9. The third kappa shape index (κ3) is 4.86. The maximum atomic E-state index is 13.4. The van der Waals surface area contributed by atoms with Crippen molar-refractivity contribution >= 4 is 16.9 Å². The molecule has 0 fully saturated rings. The number of nitriles is 1. The maximum absolute atomic E-state index is 13.4. The molecule has 0 unspecified atom stereocenters. The van der Waals surface area contributed by atoms with E-state index in [1.807, 2.05) is 19.9 Å². The summed E-state index contributed by atoms with van der Waals surface area (Å²) in [6.45, 7) is 4.45. The highest BCUT2D eigenvalue weighted by Crippen LogP contribution is 2.20. The third-order valence-electron chi connectivity index (χ3n) is 5.65. The van der Waals surface area contributed by atoms with Crippen molar-refractivity contribution in [2.45, 2.75) is 32.9 Å². The number of fused-ring (bicyclic) bond motifs is 1. The summed E-state index contributed by atoms with van der Waals surface area (Å²) in [7, 11) is 0. The van der Waals surface area contributed by atoms with Gasteiger partial charge in [-0.05, 0) is 59.0 Å². The normalized spacial score (nSPS) is 10.9. The number of carbonyl (C=O) groups is 1. The average Bonchev–Trinajstić information content (AvgIpc) is 2.85. The third-order valence-corrected chi connectivity index (χ3v) is 5.65. The molecule has 0 aliphatic carbocycles. The molecule has 0 radical (unpaired) electrons. The zero-order valence-corrected chi connectivity index (χ0v) is 18.9. The fourth-order valence-electron chi connectivity index (χ4n) is 3.65. The Balaban J connectivity index is 1.72. The number of nitrogens with one attached hydrogen (secondary N) is 1. The van der Waals surface area contributed by atoms with E-state index in [-0.39, 0.29) is 30.4 Å². The Labute approximate surface area is 196 Å². The molecular weight excluding hydrogens is 431 g/mol. The van der Waals surface area contributed by atoms with Crippen LogP contribution >= 0.6 is 0 Å². The molecular formula is C27H23FN4O2. The van der Waals surface area contributed by atoms with Crippen molar-refractivity contribution in [2.75, 3.05) is 0 Å². The van der Waals surface area contributed by atoms with Crippen LogP contribution in [-0.4, -0.2) is 15.5 Å². The summed E-state index contributed by atoms with van der Waals surface area (Å²) >= 11 is 0. The second-order valence-corrected chi connectivity index (χ2v) is 8.40. The molecule has 4 aromatic rings. The highest BCUT2D eigenvalue weighted by molar-refractivity contribution is 5.97. The molecule has 2 aromatic heterocycles. The molecule has 0 saturated carbocycles. The van der Waals surface area contributed by atoms with Crippen LogP contribution in [0.4, 0.5) is 4.39 Å². The van der Waals surface area contributed by atoms with Gasteiger partial charge in [-0.3, -0.25) is 14.2 Å². The molecule has 1 amide bonds. The van der Waals surface area contributed by atoms with Crippen molar-refractivity contribution in [2.24, 2.45) is 0 Å². The molecule has 7 heteroatoms. The number of hydrogen-bond acceptors (Lipinski definition) is 4. The summed E-state index contributed by atoms with van der Waals surface area (Å²) in [6.07, 6.45) is 1.73. The number of amides is 1. The Kier molecular flexibility index (Phi) is 6.51. The van der Waals surface area contributed by atoms with Crippen LogP contribution in [0.25, 0.3) is 11.0 Å². The van der Waals surface area contributed by atoms with Gasteiger partial charge >= 0.3 is 0 Å². The van der Waals surface area contributed by atoms with Crippen LogP contribution in [0.1, 0.15) is 52.4 Å². The monoisotopic (exact) mass is 454 g/mol. The number of benzene rings is 2. The second kappa shape index (κ2) is 9.67. The first-order valence-electron chi connectivity index (χ1n) is 10.9. The zero-order chi connectivity index (χ0) is 24.2. The quantitative estimate of drug-likeness (QED) is 0.464. The maximum Gasteiger partial charge on any atom is 0.265 e. The summed E-state index contributed by atoms with van der Waals surface area (Å²) < 4.78 is 14.8. The van der Waals surface area contributed by atoms with E-state index in [9.17, 15) is 14.0 Å². The van der Waals surface area contributed by atoms with Crippen molar-refractivity contribution in [3.05, 3.63) is 111 Å². The van der Waals surface area contributed by atoms with E-state index in [0.29, 0.717) is 16.6 Å². The standard InChI is InChI=1S/C27H23FN4O2/c1-17(2)22-11-21-12-24(26(33)31-14-19-5-3-18(13-29)4-6-19)27(34)32(25(21)30-15-22)16-20-7-9-23(28)10-8-20/h3-12,15,17H,14,16H2,1-2H3,(H,31,33). The number of carbonyl (C=O) groups excluding carboxylic acids is 1. The molecule has 1 N–H and O–H groups in total. The van der Waals surface area contributed by atoms with Gasteiger partial charge < -0.3 is 5.32 Å². The average molecular weight is 455 g/mol. The fraction of sp³-hybridized carbons (Fsp3) is 0.185. The van der Waals surface area contributed by atoms with E-state index in [4.69, 9.17) is 5.26 Å². The van der Waals surface area contributed by atoms with Crippen LogP contribution in [0.15, 0.2) is 71.7 Å². The van der Waals surface area contributed by atoms with Crippen LogP contribution in [0.3, 0.4) is 0 Å². The van der Waals surface area contributed by atoms with Gasteiger partial charge in [0.2, 0.25) is 0 Å². The van der Waals surface area contributed by atoms with Gasteiger partial charge in [0.25, 0.3) is 11.5 Å². The minimum Gasteiger partial charge on any atom is -0.348 e. The molecule has 0 saturated heterocycles. The number of hydrogen-bond donors (Lipinski definition) is 1. The second-order valence-electron chi connectivity index (χ2n) is 8.40. The largest absolute Gasteiger partial charge is 0.348 e. The van der Waals surface area contributed by atoms with E-state index in [1.54, 1.807) is 48.7 Å². The van der Waals surface area contributed by atoms with Crippen LogP contribution in [-0.2, 0) is 13.1 Å². The predicted octanol–water partition coefficient (Wildman–Crippen LogP) is 4.51. The SMILES string of the molecule is CC(C)c1cnc2c(c1)cc(C(=O)NCc1ccc(C#N)cc1)c(=O)n2Cc1ccc(F)cc1. The van der Waals surface area contributed by atoms with Crippen LogP contribution in [0.2, 0.25) is 0 Å². The molecule has 2 heterocycles. The number of nitrogens with zero attached hydrogens (tertiary/aromatic N) is 3. The number of halogens is 1. The summed E-state index contributed by atoms with van der Waals surface area (Å²) in [4.78, 5) is 30.9. The minimum absolute atomic E-state index is 0.00552. The highest BCUT2D eigenvalue weighted by atomic mass is 19.1. The Morgan fingerprint density at radius 3 is 2.41 bits per heavy atom. The first-order chi connectivity index (χ1) is 16.4. The van der Waals surface area contributed by atoms with Crippen LogP contribution in [0, 0.1) is 17.1 Å². The lowest BCUT2D eigenvalue weighted by atomic mass is 10.0. The van der Waals surface area contributed by atoms with Crippen LogP contribution < -0.4 is 10.9 Å². The molecule has 2 aromatic carbocycles. The Bertz CT molecular complexity index is 1450. The Morgan fingerprint density at radius 2 is 1.76 bits per heavy atom. The van der Waals surface area contributed by atoms with Gasteiger partial charge in [-0.25, -0.2) is 9.37 Å². The van der Waals surface area contributed by atoms with Crippen molar-refractivity contribution in [1.29, 1.82) is 5.26 Å². The molecule has 0 aliphatic rings. The van der Waals surface area contributed by atoms with Gasteiger partial charge in [-0.2, -0.15) is 5.26 Å². The van der Waals surface area contributed by atoms with E-state index in [0.717, 1.165) is 16.7 Å². The molecule has 0 bridgehead atoms. The lowest BCUT2D eigenvalue weighted by Crippen LogP contribution is -2.33. The van der Waals surface area contributed by atoms with Crippen molar-refractivity contribution in [3.8, 4) is 6.07 Å². The molecule has 0 atom stereocenters. The summed E-state index contributed by atoms with van der Waals surface area (Å²) in [5.41, 5.74) is 3.04. The fourth-order valence-corrected chi connectivity index (χ4v) is 3.65. The summed E-state index contributed by atoms with van der Waals surface area (Å²) in [5.74, 6) is -0.640. The van der Waals surface area contributed by atoms with Gasteiger partial charge in [0.05, 0.1) is 18.2 Å². The first-order valence-corrected chi connectivity index (χ1v) is 10.9. The van der Waals surface area contributed by atoms with Crippen molar-refractivity contribution < 1.29 is 9.18 Å². The Morgan fingerprint density at radius 1 is 1.09 bits per heavy atom. The van der Waals surface area contributed by atoms with Crippen molar-refractivity contribution in [3.63, 3.8) is 0 Å². The molecule has 6 nitrogen and oxygen atoms in total. The van der Waals surface area contributed by atoms with Gasteiger partial charge in [0.1, 0.15) is 17.0 Å². The van der Waals surface area contributed by atoms with Crippen LogP contribution in [0.5, 0.6) is 0 Å². The lowest BCUT2D eigenvalue weighted by molar-refractivity contribution is 0.0949. The van der Waals surface area contributed by atoms with E-state index < -0.39 is 11.5 Å². The smallest absolute Gasteiger partial charge is 0.265 e. The van der Waals surface area contributed by atoms with Gasteiger partial charge in [0.15, 0.2) is 0 Å². The van der Waals surface area contributed by atoms with E-state index in [2.05, 4.69) is 16.4 Å². The topological polar surface area (TPSA) is 87.8 Å². The molecule has 170 valence electrons. The van der Waals surface area contributed by atoms with E-state index >= 15 is 0 Å². The predicted molar refractivity (Wildman–Crippen MR) is 128 cm³/mol. The molecule has 34 heavy (non-hydrogen) atoms. The Hall–Kier alpha value is -4.31. The van der Waals surface area contributed by atoms with Gasteiger partial charge in [0, 0.05) is 18.1 Å². The summed E-state index contributed by atoms with van der Waals surface area (Å²) in [5, 5.41) is 12.4. The van der Waals surface area contributed by atoms with Gasteiger partial charge in [-0.1, -0.05) is 38.1 Å². The number of rotatable bonds is 6. The van der Waals surface area contributed by atoms with Crippen molar-refractivity contribution in [1.82, 2.24) is 14.9 Å². The lowest BCUT2D eigenvalue weighted by Gasteiger charge is -2.14. The number of aromatic nitrogens is 2. The number of pyridine rings is 2. The summed E-state index contributed by atoms with van der Waals surface area (Å²) in [6, 6.07) is 18.3.